The molecule has 0 fully saturated rings. The van der Waals surface area contributed by atoms with E-state index in [0.717, 1.165) is 6.42 Å². The minimum Gasteiger partial charge on any atom is -0.299 e. The largest absolute Gasteiger partial charge is 0.328 e. The van der Waals surface area contributed by atoms with Gasteiger partial charge in [-0.1, -0.05) is 20.8 Å². The Kier molecular flexibility index (Phi) is 3.33. The van der Waals surface area contributed by atoms with Gasteiger partial charge in [-0.2, -0.15) is 5.26 Å². The van der Waals surface area contributed by atoms with E-state index >= 15 is 0 Å². The molecule has 0 radical (unpaired) electrons. The molecule has 0 atom stereocenters. The molecular formula is C11H15N3O2. The van der Waals surface area contributed by atoms with E-state index in [9.17, 15) is 9.59 Å². The molecular weight excluding hydrogens is 206 g/mol. The Morgan fingerprint density at radius 1 is 1.50 bits per heavy atom. The fourth-order valence-electron chi connectivity index (χ4n) is 1.28. The Balaban J connectivity index is 3.22. The van der Waals surface area contributed by atoms with Gasteiger partial charge in [0.25, 0.3) is 5.56 Å². The molecule has 1 heterocycles. The van der Waals surface area contributed by atoms with Gasteiger partial charge in [0.15, 0.2) is 0 Å². The molecule has 0 spiro atoms. The van der Waals surface area contributed by atoms with Gasteiger partial charge in [0.2, 0.25) is 0 Å². The molecule has 1 rings (SSSR count). The van der Waals surface area contributed by atoms with E-state index in [1.54, 1.807) is 6.07 Å². The molecule has 0 aliphatic carbocycles. The second kappa shape index (κ2) is 4.35. The van der Waals surface area contributed by atoms with Crippen LogP contribution in [0.1, 0.15) is 32.8 Å². The van der Waals surface area contributed by atoms with Crippen LogP contribution < -0.4 is 11.2 Å². The normalized spacial score (nSPS) is 11.1. The molecule has 5 heteroatoms. The highest BCUT2D eigenvalue weighted by atomic mass is 16.2. The van der Waals surface area contributed by atoms with Crippen molar-refractivity contribution in [2.24, 2.45) is 5.41 Å². The summed E-state index contributed by atoms with van der Waals surface area (Å²) in [6, 6.07) is 1.76. The number of hydrogen-bond acceptors (Lipinski definition) is 3. The van der Waals surface area contributed by atoms with Gasteiger partial charge in [-0.25, -0.2) is 4.79 Å². The van der Waals surface area contributed by atoms with Crippen LogP contribution >= 0.6 is 0 Å². The van der Waals surface area contributed by atoms with Crippen molar-refractivity contribution in [2.45, 2.75) is 33.7 Å². The van der Waals surface area contributed by atoms with E-state index in [-0.39, 0.29) is 11.0 Å². The van der Waals surface area contributed by atoms with Gasteiger partial charge in [-0.15, -0.1) is 0 Å². The average molecular weight is 221 g/mol. The van der Waals surface area contributed by atoms with Gasteiger partial charge in [-0.3, -0.25) is 14.3 Å². The lowest BCUT2D eigenvalue weighted by Gasteiger charge is -2.23. The summed E-state index contributed by atoms with van der Waals surface area (Å²) in [5, 5.41) is 8.70. The first-order valence-corrected chi connectivity index (χ1v) is 5.13. The van der Waals surface area contributed by atoms with Crippen molar-refractivity contribution >= 4 is 0 Å². The number of aromatic nitrogens is 2. The molecule has 0 bridgehead atoms. The van der Waals surface area contributed by atoms with Crippen molar-refractivity contribution in [1.82, 2.24) is 9.55 Å². The van der Waals surface area contributed by atoms with E-state index in [2.05, 4.69) is 4.98 Å². The molecule has 0 saturated heterocycles. The molecule has 1 N–H and O–H groups in total. The average Bonchev–Trinajstić information content (AvgIpc) is 2.22. The molecule has 1 aromatic heterocycles. The molecule has 5 nitrogen and oxygen atoms in total. The molecule has 86 valence electrons. The lowest BCUT2D eigenvalue weighted by atomic mass is 9.90. The van der Waals surface area contributed by atoms with E-state index in [4.69, 9.17) is 5.26 Å². The second-order valence-electron chi connectivity index (χ2n) is 4.56. The van der Waals surface area contributed by atoms with Gasteiger partial charge < -0.3 is 0 Å². The van der Waals surface area contributed by atoms with Gasteiger partial charge in [0.1, 0.15) is 11.6 Å². The second-order valence-corrected chi connectivity index (χ2v) is 4.56. The third-order valence-electron chi connectivity index (χ3n) is 2.69. The summed E-state index contributed by atoms with van der Waals surface area (Å²) in [6.07, 6.45) is 2.22. The van der Waals surface area contributed by atoms with E-state index in [1.165, 1.54) is 10.8 Å². The topological polar surface area (TPSA) is 78.7 Å². The van der Waals surface area contributed by atoms with Crippen molar-refractivity contribution in [3.63, 3.8) is 0 Å². The van der Waals surface area contributed by atoms with E-state index < -0.39 is 11.2 Å². The highest BCUT2D eigenvalue weighted by molar-refractivity contribution is 5.21. The van der Waals surface area contributed by atoms with Crippen LogP contribution in [0.5, 0.6) is 0 Å². The smallest absolute Gasteiger partial charge is 0.299 e. The Hall–Kier alpha value is -1.83. The van der Waals surface area contributed by atoms with E-state index in [0.29, 0.717) is 6.54 Å². The van der Waals surface area contributed by atoms with E-state index in [1.807, 2.05) is 20.8 Å². The molecule has 1 aromatic rings. The molecule has 0 aliphatic heterocycles. The third-order valence-corrected chi connectivity index (χ3v) is 2.69. The molecule has 0 saturated carbocycles. The molecule has 16 heavy (non-hydrogen) atoms. The van der Waals surface area contributed by atoms with Crippen LogP contribution in [0.2, 0.25) is 0 Å². The number of nitrogens with one attached hydrogen (secondary N) is 1. The Morgan fingerprint density at radius 2 is 2.12 bits per heavy atom. The number of nitrogens with zero attached hydrogens (tertiary/aromatic N) is 2. The van der Waals surface area contributed by atoms with Crippen molar-refractivity contribution in [3.05, 3.63) is 32.6 Å². The SMILES string of the molecule is CCC(C)(C)Cn1cc(C#N)c(=O)[nH]c1=O. The predicted molar refractivity (Wildman–Crippen MR) is 60.1 cm³/mol. The Bertz CT molecular complexity index is 531. The van der Waals surface area contributed by atoms with Crippen LogP contribution in [-0.2, 0) is 6.54 Å². The fraction of sp³-hybridized carbons (Fsp3) is 0.545. The van der Waals surface area contributed by atoms with Gasteiger partial charge in [0.05, 0.1) is 0 Å². The van der Waals surface area contributed by atoms with Gasteiger partial charge >= 0.3 is 5.69 Å². The zero-order chi connectivity index (χ0) is 12.3. The Labute approximate surface area is 93.4 Å². The number of H-pyrrole nitrogens is 1. The summed E-state index contributed by atoms with van der Waals surface area (Å²) >= 11 is 0. The van der Waals surface area contributed by atoms with Crippen molar-refractivity contribution in [2.75, 3.05) is 0 Å². The molecule has 0 aliphatic rings. The Morgan fingerprint density at radius 3 is 2.62 bits per heavy atom. The van der Waals surface area contributed by atoms with Crippen LogP contribution in [0.15, 0.2) is 15.8 Å². The van der Waals surface area contributed by atoms with Gasteiger partial charge in [0, 0.05) is 12.7 Å². The summed E-state index contributed by atoms with van der Waals surface area (Å²) in [6.45, 7) is 6.56. The molecule has 0 amide bonds. The quantitative estimate of drug-likeness (QED) is 0.821. The highest BCUT2D eigenvalue weighted by Crippen LogP contribution is 2.20. The van der Waals surface area contributed by atoms with Crippen molar-refractivity contribution in [1.29, 1.82) is 5.26 Å². The van der Waals surface area contributed by atoms with Crippen LogP contribution in [0.3, 0.4) is 0 Å². The first-order chi connectivity index (χ1) is 7.39. The van der Waals surface area contributed by atoms with Crippen LogP contribution in [0.25, 0.3) is 0 Å². The van der Waals surface area contributed by atoms with Crippen molar-refractivity contribution in [3.8, 4) is 6.07 Å². The molecule has 0 unspecified atom stereocenters. The third kappa shape index (κ3) is 2.60. The summed E-state index contributed by atoms with van der Waals surface area (Å²) in [4.78, 5) is 24.8. The zero-order valence-corrected chi connectivity index (χ0v) is 9.70. The van der Waals surface area contributed by atoms with Crippen molar-refractivity contribution < 1.29 is 0 Å². The predicted octanol–water partition coefficient (Wildman–Crippen LogP) is 0.844. The number of nitriles is 1. The number of rotatable bonds is 3. The number of aromatic amines is 1. The monoisotopic (exact) mass is 221 g/mol. The van der Waals surface area contributed by atoms with Crippen LogP contribution in [-0.4, -0.2) is 9.55 Å². The summed E-state index contributed by atoms with van der Waals surface area (Å²) < 4.78 is 1.38. The fourth-order valence-corrected chi connectivity index (χ4v) is 1.28. The number of hydrogen-bond donors (Lipinski definition) is 1. The maximum absolute atomic E-state index is 11.5. The minimum atomic E-state index is -0.627. The van der Waals surface area contributed by atoms with Gasteiger partial charge in [-0.05, 0) is 11.8 Å². The molecule has 0 aromatic carbocycles. The lowest BCUT2D eigenvalue weighted by Crippen LogP contribution is -2.34. The highest BCUT2D eigenvalue weighted by Gasteiger charge is 2.17. The zero-order valence-electron chi connectivity index (χ0n) is 9.70. The summed E-state index contributed by atoms with van der Waals surface area (Å²) in [5.41, 5.74) is -1.18. The standard InChI is InChI=1S/C11H15N3O2/c1-4-11(2,3)7-14-6-8(5-12)9(15)13-10(14)16/h6H,4,7H2,1-3H3,(H,13,15,16). The lowest BCUT2D eigenvalue weighted by molar-refractivity contribution is 0.288. The maximum atomic E-state index is 11.5. The van der Waals surface area contributed by atoms with Crippen LogP contribution in [0, 0.1) is 16.7 Å². The maximum Gasteiger partial charge on any atom is 0.328 e. The summed E-state index contributed by atoms with van der Waals surface area (Å²) in [5.74, 6) is 0. The first-order valence-electron chi connectivity index (χ1n) is 5.13. The van der Waals surface area contributed by atoms with Crippen LogP contribution in [0.4, 0.5) is 0 Å². The summed E-state index contributed by atoms with van der Waals surface area (Å²) in [7, 11) is 0. The first kappa shape index (κ1) is 12.2. The minimum absolute atomic E-state index is 0.0356.